The normalized spacial score (nSPS) is 10.9. The molecule has 3 aromatic carbocycles. The van der Waals surface area contributed by atoms with Crippen molar-refractivity contribution in [3.8, 4) is 5.40 Å². The highest BCUT2D eigenvalue weighted by Gasteiger charge is 2.19. The first kappa shape index (κ1) is 23.0. The molecule has 4 aromatic rings. The molecule has 9 nitrogen and oxygen atoms in total. The van der Waals surface area contributed by atoms with Gasteiger partial charge >= 0.3 is 0 Å². The zero-order valence-electron chi connectivity index (χ0n) is 17.8. The molecule has 1 heterocycles. The summed E-state index contributed by atoms with van der Waals surface area (Å²) >= 11 is 1.04. The van der Waals surface area contributed by atoms with Crippen molar-refractivity contribution < 1.29 is 13.2 Å². The van der Waals surface area contributed by atoms with Gasteiger partial charge in [0.1, 0.15) is 5.40 Å². The molecule has 3 N–H and O–H groups in total. The van der Waals surface area contributed by atoms with E-state index in [0.717, 1.165) is 16.7 Å². The Morgan fingerprint density at radius 2 is 1.47 bits per heavy atom. The van der Waals surface area contributed by atoms with E-state index in [4.69, 9.17) is 5.26 Å². The highest BCUT2D eigenvalue weighted by Crippen LogP contribution is 2.28. The van der Waals surface area contributed by atoms with Gasteiger partial charge in [0.25, 0.3) is 10.0 Å². The van der Waals surface area contributed by atoms with Crippen LogP contribution < -0.4 is 15.4 Å². The van der Waals surface area contributed by atoms with Crippen molar-refractivity contribution in [3.63, 3.8) is 0 Å². The highest BCUT2D eigenvalue weighted by molar-refractivity contribution is 8.03. The second-order valence-electron chi connectivity index (χ2n) is 7.06. The van der Waals surface area contributed by atoms with E-state index in [9.17, 15) is 13.2 Å². The van der Waals surface area contributed by atoms with E-state index in [0.29, 0.717) is 22.4 Å². The molecule has 34 heavy (non-hydrogen) atoms. The fourth-order valence-corrected chi connectivity index (χ4v) is 4.45. The Balaban J connectivity index is 1.67. The van der Waals surface area contributed by atoms with Gasteiger partial charge in [0.2, 0.25) is 5.91 Å². The van der Waals surface area contributed by atoms with Gasteiger partial charge in [0.15, 0.2) is 11.6 Å². The van der Waals surface area contributed by atoms with Crippen LogP contribution in [0.4, 0.5) is 23.0 Å². The largest absolute Gasteiger partial charge is 0.337 e. The van der Waals surface area contributed by atoms with Crippen LogP contribution in [0.25, 0.3) is 11.0 Å². The summed E-state index contributed by atoms with van der Waals surface area (Å²) in [6.07, 6.45) is 0. The molecule has 0 radical (unpaired) electrons. The van der Waals surface area contributed by atoms with Crippen LogP contribution in [-0.2, 0) is 14.8 Å². The van der Waals surface area contributed by atoms with E-state index in [1.54, 1.807) is 42.5 Å². The van der Waals surface area contributed by atoms with Crippen LogP contribution in [-0.4, -0.2) is 24.3 Å². The Morgan fingerprint density at radius 1 is 0.882 bits per heavy atom. The first-order valence-corrected chi connectivity index (χ1v) is 12.2. The second-order valence-corrected chi connectivity index (χ2v) is 9.60. The van der Waals surface area contributed by atoms with Gasteiger partial charge in [-0.05, 0) is 72.4 Å². The summed E-state index contributed by atoms with van der Waals surface area (Å²) in [7, 11) is -4.00. The van der Waals surface area contributed by atoms with Gasteiger partial charge < -0.3 is 10.6 Å². The van der Waals surface area contributed by atoms with Gasteiger partial charge in [-0.2, -0.15) is 5.26 Å². The van der Waals surface area contributed by atoms with E-state index >= 15 is 0 Å². The molecule has 0 saturated heterocycles. The molecule has 0 atom stereocenters. The molecule has 0 bridgehead atoms. The van der Waals surface area contributed by atoms with Crippen LogP contribution in [0.5, 0.6) is 0 Å². The summed E-state index contributed by atoms with van der Waals surface area (Å²) in [6.45, 7) is 1.37. The SMILES string of the molecule is CC(=O)Nc1ccc(S(=O)(=O)Nc2nc3ccccc3nc2Nc2ccc(SC#N)cc2)cc1. The number of nitrogens with one attached hydrogen (secondary N) is 3. The molecule has 11 heteroatoms. The fraction of sp³-hybridized carbons (Fsp3) is 0.0435. The number of hydrogen-bond acceptors (Lipinski definition) is 8. The van der Waals surface area contributed by atoms with Gasteiger partial charge in [0.05, 0.1) is 15.9 Å². The molecular weight excluding hydrogens is 472 g/mol. The van der Waals surface area contributed by atoms with Gasteiger partial charge in [-0.3, -0.25) is 9.52 Å². The molecule has 0 aliphatic heterocycles. The molecule has 1 aromatic heterocycles. The summed E-state index contributed by atoms with van der Waals surface area (Å²) in [5, 5.41) is 16.5. The summed E-state index contributed by atoms with van der Waals surface area (Å²) in [5.41, 5.74) is 2.24. The Labute approximate surface area is 200 Å². The topological polar surface area (TPSA) is 137 Å². The summed E-state index contributed by atoms with van der Waals surface area (Å²) < 4.78 is 28.6. The van der Waals surface area contributed by atoms with E-state index in [1.165, 1.54) is 31.2 Å². The average Bonchev–Trinajstić information content (AvgIpc) is 2.81. The number of thiocyanates is 1. The van der Waals surface area contributed by atoms with Crippen LogP contribution in [0.15, 0.2) is 82.6 Å². The predicted octanol–water partition coefficient (Wildman–Crippen LogP) is 4.71. The third kappa shape index (κ3) is 5.43. The third-order valence-corrected chi connectivity index (χ3v) is 6.52. The Morgan fingerprint density at radius 3 is 2.06 bits per heavy atom. The van der Waals surface area contributed by atoms with Crippen molar-refractivity contribution in [2.24, 2.45) is 0 Å². The van der Waals surface area contributed by atoms with Gasteiger partial charge in [-0.25, -0.2) is 18.4 Å². The second kappa shape index (κ2) is 9.78. The number of aromatic nitrogens is 2. The van der Waals surface area contributed by atoms with E-state index in [2.05, 4.69) is 25.3 Å². The van der Waals surface area contributed by atoms with Crippen LogP contribution in [0.1, 0.15) is 6.92 Å². The predicted molar refractivity (Wildman–Crippen MR) is 132 cm³/mol. The molecule has 0 saturated carbocycles. The Kier molecular flexibility index (Phi) is 6.62. The Hall–Kier alpha value is -4.14. The van der Waals surface area contributed by atoms with E-state index in [-0.39, 0.29) is 22.4 Å². The van der Waals surface area contributed by atoms with Crippen molar-refractivity contribution >= 4 is 61.7 Å². The van der Waals surface area contributed by atoms with Crippen LogP contribution in [0, 0.1) is 10.7 Å². The van der Waals surface area contributed by atoms with Crippen molar-refractivity contribution in [2.75, 3.05) is 15.4 Å². The minimum Gasteiger partial charge on any atom is -0.337 e. The summed E-state index contributed by atoms with van der Waals surface area (Å²) in [5.74, 6) is -0.00641. The number of anilines is 4. The molecule has 0 spiro atoms. The number of benzene rings is 3. The lowest BCUT2D eigenvalue weighted by Gasteiger charge is -2.14. The molecule has 4 rings (SSSR count). The molecule has 0 unspecified atom stereocenters. The van der Waals surface area contributed by atoms with Gasteiger partial charge in [-0.1, -0.05) is 12.1 Å². The zero-order valence-corrected chi connectivity index (χ0v) is 19.4. The van der Waals surface area contributed by atoms with Gasteiger partial charge in [0, 0.05) is 23.2 Å². The minimum absolute atomic E-state index is 0.000363. The van der Waals surface area contributed by atoms with Crippen molar-refractivity contribution in [1.29, 1.82) is 5.26 Å². The number of hydrogen-bond donors (Lipinski definition) is 3. The van der Waals surface area contributed by atoms with E-state index < -0.39 is 10.0 Å². The fourth-order valence-electron chi connectivity index (χ4n) is 3.06. The van der Waals surface area contributed by atoms with Crippen molar-refractivity contribution in [1.82, 2.24) is 9.97 Å². The highest BCUT2D eigenvalue weighted by atomic mass is 32.2. The van der Waals surface area contributed by atoms with Crippen LogP contribution in [0.2, 0.25) is 0 Å². The molecule has 0 fully saturated rings. The first-order chi connectivity index (χ1) is 16.3. The molecule has 1 amide bonds. The maximum absolute atomic E-state index is 13.1. The molecule has 170 valence electrons. The smallest absolute Gasteiger partial charge is 0.263 e. The van der Waals surface area contributed by atoms with Crippen molar-refractivity contribution in [2.45, 2.75) is 16.7 Å². The minimum atomic E-state index is -4.00. The number of amides is 1. The maximum atomic E-state index is 13.1. The van der Waals surface area contributed by atoms with E-state index in [1.807, 2.05) is 11.5 Å². The Bertz CT molecular complexity index is 1500. The van der Waals surface area contributed by atoms with Crippen LogP contribution in [0.3, 0.4) is 0 Å². The number of para-hydroxylation sites is 2. The maximum Gasteiger partial charge on any atom is 0.263 e. The molecule has 0 aliphatic carbocycles. The number of nitrogens with zero attached hydrogens (tertiary/aromatic N) is 3. The third-order valence-electron chi connectivity index (χ3n) is 4.57. The first-order valence-electron chi connectivity index (χ1n) is 9.94. The summed E-state index contributed by atoms with van der Waals surface area (Å²) in [4.78, 5) is 21.0. The molecule has 0 aliphatic rings. The lowest BCUT2D eigenvalue weighted by molar-refractivity contribution is -0.114. The number of sulfonamides is 1. The quantitative estimate of drug-likeness (QED) is 0.250. The van der Waals surface area contributed by atoms with Crippen molar-refractivity contribution in [3.05, 3.63) is 72.8 Å². The lowest BCUT2D eigenvalue weighted by atomic mass is 10.3. The number of nitriles is 1. The average molecular weight is 491 g/mol. The van der Waals surface area contributed by atoms with Gasteiger partial charge in [-0.15, -0.1) is 0 Å². The van der Waals surface area contributed by atoms with Crippen LogP contribution >= 0.6 is 11.8 Å². The number of fused-ring (bicyclic) bond motifs is 1. The number of thioether (sulfide) groups is 1. The lowest BCUT2D eigenvalue weighted by Crippen LogP contribution is -2.16. The molecular formula is C23H18N6O3S2. The number of rotatable bonds is 7. The standard InChI is InChI=1S/C23H18N6O3S2/c1-15(30)25-16-8-12-19(13-9-16)34(31,32)29-23-22(27-20-4-2-3-5-21(20)28-23)26-17-6-10-18(11-7-17)33-14-24/h2-13H,1H3,(H,25,30)(H,26,27)(H,28,29). The monoisotopic (exact) mass is 490 g/mol. The summed E-state index contributed by atoms with van der Waals surface area (Å²) in [6, 6.07) is 20.0. The number of carbonyl (C=O) groups is 1. The number of carbonyl (C=O) groups excluding carboxylic acids is 1. The zero-order chi connectivity index (χ0) is 24.1.